The average molecular weight is 328 g/mol. The molecule has 5 N–H and O–H groups in total. The van der Waals surface area contributed by atoms with Crippen LogP contribution >= 0.6 is 11.3 Å². The molecule has 1 aliphatic heterocycles. The van der Waals surface area contributed by atoms with Crippen molar-refractivity contribution < 1.29 is 35.1 Å². The number of hydrogen-bond donors (Lipinski definition) is 5. The smallest absolute Gasteiger partial charge is 0.335 e. The number of thiophene rings is 1. The molecule has 120 valence electrons. The van der Waals surface area contributed by atoms with Gasteiger partial charge in [0, 0.05) is 4.70 Å². The number of carboxylic acids is 1. The van der Waals surface area contributed by atoms with Crippen LogP contribution in [0.3, 0.4) is 0 Å². The van der Waals surface area contributed by atoms with Gasteiger partial charge in [0.2, 0.25) is 0 Å². The molecule has 0 spiro atoms. The minimum Gasteiger partial charge on any atom is -0.479 e. The van der Waals surface area contributed by atoms with Gasteiger partial charge in [-0.1, -0.05) is 18.2 Å². The summed E-state index contributed by atoms with van der Waals surface area (Å²) < 4.78 is 5.71. The minimum absolute atomic E-state index is 1.35. The highest BCUT2D eigenvalue weighted by Crippen LogP contribution is 2.20. The van der Waals surface area contributed by atoms with Crippen molar-refractivity contribution in [3.63, 3.8) is 0 Å². The molecule has 1 saturated heterocycles. The third-order valence-corrected chi connectivity index (χ3v) is 4.09. The van der Waals surface area contributed by atoms with E-state index < -0.39 is 36.7 Å². The Morgan fingerprint density at radius 1 is 1.00 bits per heavy atom. The van der Waals surface area contributed by atoms with Crippen LogP contribution in [0.4, 0.5) is 0 Å². The molecule has 0 aliphatic carbocycles. The predicted octanol–water partition coefficient (Wildman–Crippen LogP) is -0.228. The lowest BCUT2D eigenvalue weighted by atomic mass is 9.99. The van der Waals surface area contributed by atoms with Crippen molar-refractivity contribution in [2.45, 2.75) is 30.7 Å². The summed E-state index contributed by atoms with van der Waals surface area (Å²) in [4.78, 5) is 10.4. The first-order valence-electron chi connectivity index (χ1n) is 6.44. The van der Waals surface area contributed by atoms with Crippen LogP contribution in [-0.2, 0) is 9.53 Å². The van der Waals surface area contributed by atoms with E-state index in [1.54, 1.807) is 11.3 Å². The lowest BCUT2D eigenvalue weighted by molar-refractivity contribution is -0.279. The van der Waals surface area contributed by atoms with Gasteiger partial charge in [0.1, 0.15) is 18.3 Å². The highest BCUT2D eigenvalue weighted by molar-refractivity contribution is 7.17. The van der Waals surface area contributed by atoms with Gasteiger partial charge in [0.05, 0.1) is 0 Å². The standard InChI is InChI=1S/C8H6S.C6H10O7/c1-2-4-8-7(3-1)5-6-9-8;7-1-2(8)4(5(10)11)13-6(12)3(1)9/h1-6H;1-4,6-9,12H,(H,10,11)/t;1-,2-,3+,4-,6?/m.0/s1. The molecule has 0 radical (unpaired) electrons. The molecule has 5 atom stereocenters. The Morgan fingerprint density at radius 3 is 2.32 bits per heavy atom. The first-order valence-corrected chi connectivity index (χ1v) is 7.32. The Morgan fingerprint density at radius 2 is 1.68 bits per heavy atom. The molecule has 22 heavy (non-hydrogen) atoms. The van der Waals surface area contributed by atoms with Crippen LogP contribution in [0.15, 0.2) is 35.7 Å². The maximum atomic E-state index is 10.4. The van der Waals surface area contributed by atoms with Crippen LogP contribution in [0.1, 0.15) is 0 Å². The maximum absolute atomic E-state index is 10.4. The van der Waals surface area contributed by atoms with Gasteiger partial charge in [-0.2, -0.15) is 0 Å². The van der Waals surface area contributed by atoms with Crippen molar-refractivity contribution in [2.24, 2.45) is 0 Å². The van der Waals surface area contributed by atoms with Crippen LogP contribution in [0.2, 0.25) is 0 Å². The fourth-order valence-electron chi connectivity index (χ4n) is 1.97. The molecule has 0 amide bonds. The fraction of sp³-hybridized carbons (Fsp3) is 0.357. The number of aliphatic carboxylic acids is 1. The topological polar surface area (TPSA) is 127 Å². The molecule has 1 aromatic heterocycles. The second-order valence-corrected chi connectivity index (χ2v) is 5.66. The minimum atomic E-state index is -1.81. The van der Waals surface area contributed by atoms with E-state index in [4.69, 9.17) is 25.5 Å². The Bertz CT molecular complexity index is 598. The summed E-state index contributed by atoms with van der Waals surface area (Å²) in [6, 6.07) is 10.5. The number of carbonyl (C=O) groups is 1. The van der Waals surface area contributed by atoms with Crippen LogP contribution in [0, 0.1) is 0 Å². The number of aliphatic hydroxyl groups is 4. The zero-order valence-electron chi connectivity index (χ0n) is 11.3. The molecule has 1 fully saturated rings. The predicted molar refractivity (Wildman–Crippen MR) is 78.4 cm³/mol. The molecular formula is C14H16O7S. The van der Waals surface area contributed by atoms with Gasteiger partial charge in [-0.3, -0.25) is 0 Å². The van der Waals surface area contributed by atoms with E-state index in [0.29, 0.717) is 0 Å². The summed E-state index contributed by atoms with van der Waals surface area (Å²) >= 11 is 1.79. The van der Waals surface area contributed by atoms with Gasteiger partial charge in [-0.05, 0) is 22.9 Å². The molecule has 3 rings (SSSR count). The maximum Gasteiger partial charge on any atom is 0.335 e. The molecular weight excluding hydrogens is 312 g/mol. The molecule has 2 heterocycles. The first kappa shape index (κ1) is 16.8. The lowest BCUT2D eigenvalue weighted by Crippen LogP contribution is -2.59. The number of hydrogen-bond acceptors (Lipinski definition) is 7. The van der Waals surface area contributed by atoms with Crippen LogP contribution in [-0.4, -0.2) is 62.2 Å². The molecule has 1 aliphatic rings. The van der Waals surface area contributed by atoms with Crippen molar-refractivity contribution in [1.29, 1.82) is 0 Å². The van der Waals surface area contributed by atoms with Crippen LogP contribution in [0.25, 0.3) is 10.1 Å². The van der Waals surface area contributed by atoms with Gasteiger partial charge < -0.3 is 30.3 Å². The van der Waals surface area contributed by atoms with Crippen molar-refractivity contribution in [1.82, 2.24) is 0 Å². The third-order valence-electron chi connectivity index (χ3n) is 3.19. The van der Waals surface area contributed by atoms with E-state index in [9.17, 15) is 4.79 Å². The van der Waals surface area contributed by atoms with Crippen molar-refractivity contribution in [3.05, 3.63) is 35.7 Å². The molecule has 0 saturated carbocycles. The van der Waals surface area contributed by atoms with E-state index in [1.807, 2.05) is 0 Å². The third kappa shape index (κ3) is 3.61. The summed E-state index contributed by atoms with van der Waals surface area (Å²) in [5, 5.41) is 47.8. The van der Waals surface area contributed by atoms with E-state index in [1.165, 1.54) is 10.1 Å². The zero-order valence-corrected chi connectivity index (χ0v) is 12.1. The second kappa shape index (κ2) is 7.14. The Labute approximate surface area is 129 Å². The second-order valence-electron chi connectivity index (χ2n) is 4.72. The number of aliphatic hydroxyl groups excluding tert-OH is 4. The van der Waals surface area contributed by atoms with Crippen molar-refractivity contribution >= 4 is 27.4 Å². The van der Waals surface area contributed by atoms with E-state index in [0.717, 1.165) is 0 Å². The van der Waals surface area contributed by atoms with Gasteiger partial charge >= 0.3 is 5.97 Å². The summed E-state index contributed by atoms with van der Waals surface area (Å²) in [7, 11) is 0. The highest BCUT2D eigenvalue weighted by atomic mass is 32.1. The monoisotopic (exact) mass is 328 g/mol. The number of rotatable bonds is 1. The molecule has 7 nitrogen and oxygen atoms in total. The lowest BCUT2D eigenvalue weighted by Gasteiger charge is -2.36. The first-order chi connectivity index (χ1) is 10.4. The highest BCUT2D eigenvalue weighted by Gasteiger charge is 2.46. The summed E-state index contributed by atoms with van der Waals surface area (Å²) in [6.45, 7) is 0. The number of benzene rings is 1. The van der Waals surface area contributed by atoms with Gasteiger partial charge in [0.15, 0.2) is 12.4 Å². The molecule has 0 bridgehead atoms. The molecule has 8 heteroatoms. The number of carboxylic acid groups (broad SMARTS) is 1. The van der Waals surface area contributed by atoms with Gasteiger partial charge in [-0.25, -0.2) is 4.79 Å². The van der Waals surface area contributed by atoms with Crippen molar-refractivity contribution in [2.75, 3.05) is 0 Å². The number of fused-ring (bicyclic) bond motifs is 1. The Balaban J connectivity index is 0.000000170. The van der Waals surface area contributed by atoms with E-state index >= 15 is 0 Å². The van der Waals surface area contributed by atoms with Gasteiger partial charge in [0.25, 0.3) is 0 Å². The Hall–Kier alpha value is -1.55. The largest absolute Gasteiger partial charge is 0.479 e. The van der Waals surface area contributed by atoms with Crippen LogP contribution in [0.5, 0.6) is 0 Å². The summed E-state index contributed by atoms with van der Waals surface area (Å²) in [5.41, 5.74) is 0. The fourth-order valence-corrected chi connectivity index (χ4v) is 2.76. The Kier molecular flexibility index (Phi) is 5.46. The van der Waals surface area contributed by atoms with E-state index in [2.05, 4.69) is 40.4 Å². The summed E-state index contributed by atoms with van der Waals surface area (Å²) in [5.74, 6) is -1.52. The van der Waals surface area contributed by atoms with Crippen LogP contribution < -0.4 is 0 Å². The molecule has 1 unspecified atom stereocenters. The molecule has 1 aromatic carbocycles. The normalized spacial score (nSPS) is 31.4. The average Bonchev–Trinajstić information content (AvgIpc) is 2.97. The zero-order chi connectivity index (χ0) is 16.3. The SMILES string of the molecule is O=C(O)[C@H]1OC(O)[C@H](O)[C@@H](O)[C@@H]1O.c1ccc2sccc2c1. The quantitative estimate of drug-likeness (QED) is 0.489. The van der Waals surface area contributed by atoms with E-state index in [-0.39, 0.29) is 0 Å². The van der Waals surface area contributed by atoms with Gasteiger partial charge in [-0.15, -0.1) is 11.3 Å². The number of ether oxygens (including phenoxy) is 1. The van der Waals surface area contributed by atoms with Crippen molar-refractivity contribution in [3.8, 4) is 0 Å². The summed E-state index contributed by atoms with van der Waals surface area (Å²) in [6.07, 6.45) is -8.72. The molecule has 2 aromatic rings.